The van der Waals surface area contributed by atoms with E-state index in [4.69, 9.17) is 0 Å². The molecular weight excluding hydrogens is 276 g/mol. The summed E-state index contributed by atoms with van der Waals surface area (Å²) in [4.78, 5) is 0. The zero-order valence-corrected chi connectivity index (χ0v) is 18.5. The van der Waals surface area contributed by atoms with Gasteiger partial charge in [0.15, 0.2) is 0 Å². The Balaban J connectivity index is -0.000000296. The van der Waals surface area contributed by atoms with Gasteiger partial charge in [0.1, 0.15) is 0 Å². The lowest BCUT2D eigenvalue weighted by molar-refractivity contribution is 0.155. The Bertz CT molecular complexity index is 223. The second-order valence-corrected chi connectivity index (χ2v) is 8.59. The molecule has 0 bridgehead atoms. The van der Waals surface area contributed by atoms with E-state index in [0.29, 0.717) is 10.8 Å². The van der Waals surface area contributed by atoms with Crippen LogP contribution >= 0.6 is 0 Å². The van der Waals surface area contributed by atoms with Crippen molar-refractivity contribution in [2.75, 3.05) is 0 Å². The first-order chi connectivity index (χ1) is 10.6. The van der Waals surface area contributed by atoms with Crippen LogP contribution in [0, 0.1) is 22.7 Å². The summed E-state index contributed by atoms with van der Waals surface area (Å²) in [5, 5.41) is 0. The van der Waals surface area contributed by atoms with Crippen molar-refractivity contribution in [3.8, 4) is 0 Å². The van der Waals surface area contributed by atoms with E-state index < -0.39 is 0 Å². The monoisotopic (exact) mass is 326 g/mol. The molecule has 0 amide bonds. The molecule has 0 saturated heterocycles. The lowest BCUT2D eigenvalue weighted by Gasteiger charge is -2.35. The first-order valence-electron chi connectivity index (χ1n) is 10.1. The normalized spacial score (nSPS) is 20.8. The predicted octanol–water partition coefficient (Wildman–Crippen LogP) is 8.91. The van der Waals surface area contributed by atoms with Gasteiger partial charge in [-0.3, -0.25) is 0 Å². The van der Waals surface area contributed by atoms with Crippen LogP contribution in [0.15, 0.2) is 13.2 Å². The lowest BCUT2D eigenvalue weighted by atomic mass is 9.70. The van der Waals surface area contributed by atoms with Crippen LogP contribution in [0.25, 0.3) is 0 Å². The zero-order valence-electron chi connectivity index (χ0n) is 18.5. The summed E-state index contributed by atoms with van der Waals surface area (Å²) in [6.07, 6.45) is 9.84. The van der Waals surface area contributed by atoms with Gasteiger partial charge in [0.05, 0.1) is 0 Å². The molecule has 1 aliphatic carbocycles. The minimum Gasteiger partial charge on any atom is -0.106 e. The molecule has 0 N–H and O–H groups in total. The van der Waals surface area contributed by atoms with E-state index in [9.17, 15) is 0 Å². The van der Waals surface area contributed by atoms with E-state index in [1.807, 2.05) is 13.8 Å². The highest BCUT2D eigenvalue weighted by molar-refractivity contribution is 4.78. The van der Waals surface area contributed by atoms with Crippen LogP contribution < -0.4 is 0 Å². The molecular formula is C23H50. The standard InChI is InChI=1S/C11H22.C8H18.C2H6.C2H4/c1-9-5-7-10(8-6-9)11(2,3)4;1-5-7-8(3,4)6-2;2*1-2/h9-10H,5-8H2,1-4H3;5-7H2,1-4H3;1-2H3;1-2H2. The molecule has 0 spiro atoms. The number of rotatable bonds is 3. The van der Waals surface area contributed by atoms with Crippen LogP contribution in [0.5, 0.6) is 0 Å². The molecule has 0 aromatic rings. The van der Waals surface area contributed by atoms with E-state index in [-0.39, 0.29) is 0 Å². The Morgan fingerprint density at radius 3 is 1.43 bits per heavy atom. The summed E-state index contributed by atoms with van der Waals surface area (Å²) in [6.45, 7) is 28.7. The van der Waals surface area contributed by atoms with Crippen molar-refractivity contribution >= 4 is 0 Å². The summed E-state index contributed by atoms with van der Waals surface area (Å²) in [5.74, 6) is 1.98. The van der Waals surface area contributed by atoms with Gasteiger partial charge in [-0.25, -0.2) is 0 Å². The van der Waals surface area contributed by atoms with Gasteiger partial charge in [0, 0.05) is 0 Å². The summed E-state index contributed by atoms with van der Waals surface area (Å²) < 4.78 is 0. The molecule has 1 rings (SSSR count). The van der Waals surface area contributed by atoms with E-state index >= 15 is 0 Å². The van der Waals surface area contributed by atoms with Crippen molar-refractivity contribution in [3.63, 3.8) is 0 Å². The Hall–Kier alpha value is -0.260. The van der Waals surface area contributed by atoms with Crippen molar-refractivity contribution in [1.82, 2.24) is 0 Å². The SMILES string of the molecule is C=C.CC.CC1CCC(C(C)(C)C)CC1.CCCC(C)(C)CC. The topological polar surface area (TPSA) is 0 Å². The van der Waals surface area contributed by atoms with Crippen molar-refractivity contribution in [2.24, 2.45) is 22.7 Å². The third-order valence-electron chi connectivity index (χ3n) is 5.12. The summed E-state index contributed by atoms with van der Waals surface area (Å²) in [6, 6.07) is 0. The third-order valence-corrected chi connectivity index (χ3v) is 5.12. The summed E-state index contributed by atoms with van der Waals surface area (Å²) in [7, 11) is 0. The summed E-state index contributed by atoms with van der Waals surface area (Å²) in [5.41, 5.74) is 1.15. The minimum atomic E-state index is 0.556. The fourth-order valence-electron chi connectivity index (χ4n) is 2.98. The van der Waals surface area contributed by atoms with Crippen LogP contribution in [0.4, 0.5) is 0 Å². The molecule has 0 aliphatic heterocycles. The fourth-order valence-corrected chi connectivity index (χ4v) is 2.98. The summed E-state index contributed by atoms with van der Waals surface area (Å²) >= 11 is 0. The largest absolute Gasteiger partial charge is 0.106 e. The predicted molar refractivity (Wildman–Crippen MR) is 112 cm³/mol. The Morgan fingerprint density at radius 1 is 0.826 bits per heavy atom. The number of hydrogen-bond acceptors (Lipinski definition) is 0. The smallest absolute Gasteiger partial charge is 0.0354 e. The van der Waals surface area contributed by atoms with Crippen molar-refractivity contribution < 1.29 is 0 Å². The molecule has 0 heteroatoms. The molecule has 0 aromatic heterocycles. The Kier molecular flexibility index (Phi) is 18.3. The molecule has 0 atom stereocenters. The van der Waals surface area contributed by atoms with E-state index in [0.717, 1.165) is 11.8 Å². The van der Waals surface area contributed by atoms with Crippen molar-refractivity contribution in [1.29, 1.82) is 0 Å². The number of hydrogen-bond donors (Lipinski definition) is 0. The van der Waals surface area contributed by atoms with Crippen LogP contribution in [0.2, 0.25) is 0 Å². The van der Waals surface area contributed by atoms with Crippen LogP contribution in [-0.4, -0.2) is 0 Å². The van der Waals surface area contributed by atoms with Crippen LogP contribution in [0.1, 0.15) is 114 Å². The minimum absolute atomic E-state index is 0.556. The molecule has 0 aromatic carbocycles. The molecule has 1 aliphatic rings. The van der Waals surface area contributed by atoms with Gasteiger partial charge in [-0.15, -0.1) is 13.2 Å². The quantitative estimate of drug-likeness (QED) is 0.454. The highest BCUT2D eigenvalue weighted by Crippen LogP contribution is 2.39. The second kappa shape index (κ2) is 15.3. The van der Waals surface area contributed by atoms with E-state index in [2.05, 4.69) is 68.5 Å². The molecule has 142 valence electrons. The second-order valence-electron chi connectivity index (χ2n) is 8.59. The van der Waals surface area contributed by atoms with E-state index in [1.165, 1.54) is 44.9 Å². The fraction of sp³-hybridized carbons (Fsp3) is 0.913. The van der Waals surface area contributed by atoms with Gasteiger partial charge < -0.3 is 0 Å². The molecule has 1 saturated carbocycles. The first-order valence-corrected chi connectivity index (χ1v) is 10.1. The maximum absolute atomic E-state index is 3.00. The van der Waals surface area contributed by atoms with Gasteiger partial charge in [-0.2, -0.15) is 0 Å². The highest BCUT2D eigenvalue weighted by Gasteiger charge is 2.27. The van der Waals surface area contributed by atoms with Gasteiger partial charge >= 0.3 is 0 Å². The molecule has 0 heterocycles. The third kappa shape index (κ3) is 16.4. The van der Waals surface area contributed by atoms with Crippen LogP contribution in [0.3, 0.4) is 0 Å². The van der Waals surface area contributed by atoms with Crippen molar-refractivity contribution in [3.05, 3.63) is 13.2 Å². The van der Waals surface area contributed by atoms with Gasteiger partial charge in [0.2, 0.25) is 0 Å². The molecule has 23 heavy (non-hydrogen) atoms. The highest BCUT2D eigenvalue weighted by atomic mass is 14.3. The molecule has 0 nitrogen and oxygen atoms in total. The zero-order chi connectivity index (χ0) is 19.1. The Labute approximate surface area is 150 Å². The average molecular weight is 327 g/mol. The molecule has 0 radical (unpaired) electrons. The maximum Gasteiger partial charge on any atom is -0.0354 e. The molecule has 0 unspecified atom stereocenters. The average Bonchev–Trinajstić information content (AvgIpc) is 2.51. The van der Waals surface area contributed by atoms with Gasteiger partial charge in [-0.05, 0) is 41.9 Å². The lowest BCUT2D eigenvalue weighted by Crippen LogP contribution is -2.24. The molecule has 1 fully saturated rings. The van der Waals surface area contributed by atoms with Crippen molar-refractivity contribution in [2.45, 2.75) is 114 Å². The van der Waals surface area contributed by atoms with E-state index in [1.54, 1.807) is 0 Å². The van der Waals surface area contributed by atoms with Gasteiger partial charge in [0.25, 0.3) is 0 Å². The Morgan fingerprint density at radius 2 is 1.22 bits per heavy atom. The maximum atomic E-state index is 3.00. The van der Waals surface area contributed by atoms with Crippen LogP contribution in [-0.2, 0) is 0 Å². The van der Waals surface area contributed by atoms with Gasteiger partial charge in [-0.1, -0.05) is 94.9 Å². The first kappa shape index (κ1) is 27.6.